The molecule has 0 spiro atoms. The van der Waals surface area contributed by atoms with E-state index in [-0.39, 0.29) is 18.0 Å². The first-order chi connectivity index (χ1) is 8.70. The van der Waals surface area contributed by atoms with Crippen molar-refractivity contribution >= 4 is 11.7 Å². The molecule has 0 unspecified atom stereocenters. The first-order valence-electron chi connectivity index (χ1n) is 5.76. The van der Waals surface area contributed by atoms with Gasteiger partial charge in [0, 0.05) is 19.8 Å². The molecule has 0 radical (unpaired) electrons. The van der Waals surface area contributed by atoms with Gasteiger partial charge in [-0.15, -0.1) is 0 Å². The van der Waals surface area contributed by atoms with E-state index in [1.54, 1.807) is 13.8 Å². The highest BCUT2D eigenvalue weighted by Crippen LogP contribution is 2.16. The number of aromatic nitrogens is 2. The average Bonchev–Trinajstić information content (AvgIpc) is 2.32. The Morgan fingerprint density at radius 3 is 2.42 bits per heavy atom. The largest absolute Gasteiger partial charge is 0.359 e. The number of amides is 1. The number of hydrogen-bond acceptors (Lipinski definition) is 4. The van der Waals surface area contributed by atoms with E-state index in [1.807, 2.05) is 0 Å². The van der Waals surface area contributed by atoms with E-state index in [0.29, 0.717) is 0 Å². The van der Waals surface area contributed by atoms with Crippen LogP contribution in [0.4, 0.5) is 0 Å². The summed E-state index contributed by atoms with van der Waals surface area (Å²) in [5.41, 5.74) is -2.38. The average molecular weight is 267 g/mol. The molecular weight excluding hydrogens is 250 g/mol. The molecule has 0 aliphatic heterocycles. The quantitative estimate of drug-likeness (QED) is 0.719. The van der Waals surface area contributed by atoms with E-state index >= 15 is 0 Å². The Morgan fingerprint density at radius 1 is 1.37 bits per heavy atom. The van der Waals surface area contributed by atoms with E-state index in [4.69, 9.17) is 0 Å². The Balaban J connectivity index is 3.33. The zero-order valence-corrected chi connectivity index (χ0v) is 11.4. The zero-order valence-electron chi connectivity index (χ0n) is 11.4. The lowest BCUT2D eigenvalue weighted by molar-refractivity contribution is -0.129. The summed E-state index contributed by atoms with van der Waals surface area (Å²) in [5.74, 6) is -0.736. The van der Waals surface area contributed by atoms with Crippen LogP contribution in [0.25, 0.3) is 0 Å². The molecule has 104 valence electrons. The number of nitrogens with zero attached hydrogens (tertiary/aromatic N) is 1. The van der Waals surface area contributed by atoms with E-state index in [1.165, 1.54) is 14.0 Å². The Hall–Kier alpha value is -2.18. The summed E-state index contributed by atoms with van der Waals surface area (Å²) in [4.78, 5) is 48.9. The van der Waals surface area contributed by atoms with Crippen LogP contribution in [-0.2, 0) is 11.3 Å². The number of carbonyl (C=O) groups excluding carboxylic acids is 2. The number of Topliss-reactive ketones (excluding diaryl/α,β-unsaturated/α-hetero) is 1. The second kappa shape index (κ2) is 5.21. The van der Waals surface area contributed by atoms with Crippen molar-refractivity contribution in [2.24, 2.45) is 5.41 Å². The molecular formula is C12H17N3O4. The topological polar surface area (TPSA) is 101 Å². The van der Waals surface area contributed by atoms with Gasteiger partial charge in [-0.25, -0.2) is 4.79 Å². The minimum absolute atomic E-state index is 0.104. The van der Waals surface area contributed by atoms with Crippen LogP contribution in [0.15, 0.2) is 15.8 Å². The van der Waals surface area contributed by atoms with Gasteiger partial charge in [0.1, 0.15) is 0 Å². The van der Waals surface area contributed by atoms with Crippen LogP contribution in [0.2, 0.25) is 0 Å². The Morgan fingerprint density at radius 2 is 1.95 bits per heavy atom. The first kappa shape index (κ1) is 14.9. The molecule has 1 amide bonds. The molecule has 0 atom stereocenters. The van der Waals surface area contributed by atoms with Crippen molar-refractivity contribution < 1.29 is 9.59 Å². The third-order valence-electron chi connectivity index (χ3n) is 2.84. The molecule has 0 aliphatic rings. The first-order valence-corrected chi connectivity index (χ1v) is 5.76. The summed E-state index contributed by atoms with van der Waals surface area (Å²) in [6.07, 6.45) is 1.09. The van der Waals surface area contributed by atoms with Gasteiger partial charge in [-0.3, -0.25) is 19.0 Å². The van der Waals surface area contributed by atoms with E-state index in [9.17, 15) is 19.2 Å². The molecule has 0 saturated heterocycles. The molecule has 0 fully saturated rings. The van der Waals surface area contributed by atoms with Crippen molar-refractivity contribution in [2.75, 3.05) is 7.05 Å². The smallest absolute Gasteiger partial charge is 0.328 e. The highest BCUT2D eigenvalue weighted by Gasteiger charge is 2.29. The van der Waals surface area contributed by atoms with Gasteiger partial charge >= 0.3 is 5.69 Å². The van der Waals surface area contributed by atoms with Gasteiger partial charge in [0.25, 0.3) is 5.56 Å². The number of carbonyl (C=O) groups is 2. The molecule has 0 saturated carbocycles. The van der Waals surface area contributed by atoms with Gasteiger partial charge in [0.05, 0.1) is 11.0 Å². The Kier molecular flexibility index (Phi) is 4.08. The Bertz CT molecular complexity index is 625. The van der Waals surface area contributed by atoms with Crippen LogP contribution in [0.3, 0.4) is 0 Å². The number of aromatic amines is 1. The molecule has 0 bridgehead atoms. The second-order valence-corrected chi connectivity index (χ2v) is 4.92. The summed E-state index contributed by atoms with van der Waals surface area (Å²) >= 11 is 0. The van der Waals surface area contributed by atoms with E-state index in [2.05, 4.69) is 10.3 Å². The summed E-state index contributed by atoms with van der Waals surface area (Å²) in [6.45, 7) is 4.35. The lowest BCUT2D eigenvalue weighted by Gasteiger charge is -2.22. The standard InChI is InChI=1S/C12H17N3O4/c1-7(16)8-5-14-11(19)15(9(8)17)6-12(2,3)10(18)13-4/h5H,6H2,1-4H3,(H,13,18)(H,14,19). The van der Waals surface area contributed by atoms with E-state index < -0.39 is 22.4 Å². The minimum Gasteiger partial charge on any atom is -0.359 e. The van der Waals surface area contributed by atoms with Crippen molar-refractivity contribution in [1.29, 1.82) is 0 Å². The number of ketones is 1. The Labute approximate surface area is 109 Å². The van der Waals surface area contributed by atoms with Crippen molar-refractivity contribution in [3.05, 3.63) is 32.6 Å². The van der Waals surface area contributed by atoms with Crippen LogP contribution in [0.5, 0.6) is 0 Å². The molecule has 1 rings (SSSR count). The predicted molar refractivity (Wildman–Crippen MR) is 69.2 cm³/mol. The fourth-order valence-corrected chi connectivity index (χ4v) is 1.71. The number of nitrogens with one attached hydrogen (secondary N) is 2. The van der Waals surface area contributed by atoms with Gasteiger partial charge < -0.3 is 10.3 Å². The molecule has 7 nitrogen and oxygen atoms in total. The maximum Gasteiger partial charge on any atom is 0.328 e. The maximum absolute atomic E-state index is 12.0. The number of H-pyrrole nitrogens is 1. The van der Waals surface area contributed by atoms with Crippen molar-refractivity contribution in [2.45, 2.75) is 27.3 Å². The number of hydrogen-bond donors (Lipinski definition) is 2. The van der Waals surface area contributed by atoms with Crippen LogP contribution in [-0.4, -0.2) is 28.3 Å². The maximum atomic E-state index is 12.0. The summed E-state index contributed by atoms with van der Waals surface area (Å²) < 4.78 is 0.867. The normalized spacial score (nSPS) is 11.2. The number of rotatable bonds is 4. The van der Waals surface area contributed by atoms with Crippen LogP contribution in [0.1, 0.15) is 31.1 Å². The summed E-state index contributed by atoms with van der Waals surface area (Å²) in [7, 11) is 1.48. The third kappa shape index (κ3) is 2.98. The monoisotopic (exact) mass is 267 g/mol. The SMILES string of the molecule is CNC(=O)C(C)(C)Cn1c(=O)[nH]cc(C(C)=O)c1=O. The third-order valence-corrected chi connectivity index (χ3v) is 2.84. The molecule has 7 heteroatoms. The van der Waals surface area contributed by atoms with Crippen molar-refractivity contribution in [3.63, 3.8) is 0 Å². The molecule has 2 N–H and O–H groups in total. The highest BCUT2D eigenvalue weighted by atomic mass is 16.2. The van der Waals surface area contributed by atoms with Gasteiger partial charge in [-0.2, -0.15) is 0 Å². The van der Waals surface area contributed by atoms with Gasteiger partial charge in [0.2, 0.25) is 5.91 Å². The molecule has 0 aliphatic carbocycles. The minimum atomic E-state index is -0.943. The van der Waals surface area contributed by atoms with E-state index in [0.717, 1.165) is 10.8 Å². The lowest BCUT2D eigenvalue weighted by Crippen LogP contribution is -2.45. The summed E-state index contributed by atoms with van der Waals surface area (Å²) in [6, 6.07) is 0. The van der Waals surface area contributed by atoms with Gasteiger partial charge in [0.15, 0.2) is 5.78 Å². The van der Waals surface area contributed by atoms with Crippen LogP contribution < -0.4 is 16.6 Å². The van der Waals surface area contributed by atoms with Crippen molar-refractivity contribution in [1.82, 2.24) is 14.9 Å². The second-order valence-electron chi connectivity index (χ2n) is 4.92. The molecule has 1 heterocycles. The zero-order chi connectivity index (χ0) is 14.8. The van der Waals surface area contributed by atoms with Crippen molar-refractivity contribution in [3.8, 4) is 0 Å². The molecule has 1 aromatic rings. The fourth-order valence-electron chi connectivity index (χ4n) is 1.71. The lowest BCUT2D eigenvalue weighted by atomic mass is 9.92. The predicted octanol–water partition coefficient (Wildman–Crippen LogP) is -0.489. The van der Waals surface area contributed by atoms with Gasteiger partial charge in [-0.05, 0) is 20.8 Å². The van der Waals surface area contributed by atoms with Crippen LogP contribution >= 0.6 is 0 Å². The molecule has 1 aromatic heterocycles. The van der Waals surface area contributed by atoms with Gasteiger partial charge in [-0.1, -0.05) is 0 Å². The highest BCUT2D eigenvalue weighted by molar-refractivity contribution is 5.93. The summed E-state index contributed by atoms with van der Waals surface area (Å²) in [5, 5.41) is 2.47. The molecule has 19 heavy (non-hydrogen) atoms. The van der Waals surface area contributed by atoms with Crippen LogP contribution in [0, 0.1) is 5.41 Å². The fraction of sp³-hybridized carbons (Fsp3) is 0.500. The molecule has 0 aromatic carbocycles.